The molecule has 0 fully saturated rings. The molecular weight excluding hydrogens is 400 g/mol. The highest BCUT2D eigenvalue weighted by atomic mass is 15.3. The average Bonchev–Trinajstić information content (AvgIpc) is 3.39. The molecule has 0 bridgehead atoms. The number of aryl methyl sites for hydroxylation is 2. The zero-order valence-electron chi connectivity index (χ0n) is 19.0. The Morgan fingerprint density at radius 2 is 1.97 bits per heavy atom. The van der Waals surface area contributed by atoms with Crippen molar-refractivity contribution in [2.45, 2.75) is 65.1 Å². The van der Waals surface area contributed by atoms with Gasteiger partial charge >= 0.3 is 0 Å². The summed E-state index contributed by atoms with van der Waals surface area (Å²) in [6, 6.07) is 10.4. The number of hydrogen-bond acceptors (Lipinski definition) is 4. The van der Waals surface area contributed by atoms with Gasteiger partial charge in [-0.05, 0) is 43.4 Å². The highest BCUT2D eigenvalue weighted by Gasteiger charge is 2.14. The SMILES string of the molecule is CCNC(=NCc1ccccc1Cn1cccn1)NCCCc1nnc2n1CCCCC2. The number of nitrogens with zero attached hydrogens (tertiary/aromatic N) is 6. The van der Waals surface area contributed by atoms with Gasteiger partial charge in [0, 0.05) is 44.9 Å². The van der Waals surface area contributed by atoms with E-state index in [9.17, 15) is 0 Å². The summed E-state index contributed by atoms with van der Waals surface area (Å²) < 4.78 is 4.28. The Morgan fingerprint density at radius 3 is 2.81 bits per heavy atom. The van der Waals surface area contributed by atoms with Crippen molar-refractivity contribution in [3.63, 3.8) is 0 Å². The van der Waals surface area contributed by atoms with Crippen molar-refractivity contribution < 1.29 is 0 Å². The maximum Gasteiger partial charge on any atom is 0.191 e. The molecule has 2 aromatic heterocycles. The summed E-state index contributed by atoms with van der Waals surface area (Å²) in [6.45, 7) is 6.22. The van der Waals surface area contributed by atoms with Gasteiger partial charge in [0.1, 0.15) is 11.6 Å². The molecule has 0 saturated carbocycles. The lowest BCUT2D eigenvalue weighted by molar-refractivity contribution is 0.594. The Balaban J connectivity index is 1.31. The number of aromatic nitrogens is 5. The van der Waals surface area contributed by atoms with E-state index in [0.717, 1.165) is 63.0 Å². The van der Waals surface area contributed by atoms with Crippen LogP contribution in [0.5, 0.6) is 0 Å². The van der Waals surface area contributed by atoms with Gasteiger partial charge in [0.15, 0.2) is 5.96 Å². The highest BCUT2D eigenvalue weighted by molar-refractivity contribution is 5.79. The molecule has 2 N–H and O–H groups in total. The minimum Gasteiger partial charge on any atom is -0.357 e. The summed E-state index contributed by atoms with van der Waals surface area (Å²) in [5.41, 5.74) is 2.45. The molecule has 1 aliphatic heterocycles. The van der Waals surface area contributed by atoms with Gasteiger partial charge in [-0.15, -0.1) is 10.2 Å². The van der Waals surface area contributed by atoms with E-state index in [4.69, 9.17) is 4.99 Å². The number of benzene rings is 1. The smallest absolute Gasteiger partial charge is 0.191 e. The largest absolute Gasteiger partial charge is 0.357 e. The predicted octanol–water partition coefficient (Wildman–Crippen LogP) is 2.94. The summed E-state index contributed by atoms with van der Waals surface area (Å²) >= 11 is 0. The number of aliphatic imine (C=N–C) groups is 1. The van der Waals surface area contributed by atoms with Crippen LogP contribution in [0.1, 0.15) is 55.4 Å². The van der Waals surface area contributed by atoms with Crippen molar-refractivity contribution in [1.82, 2.24) is 35.2 Å². The number of nitrogens with one attached hydrogen (secondary N) is 2. The second-order valence-electron chi connectivity index (χ2n) is 8.19. The third kappa shape index (κ3) is 5.96. The van der Waals surface area contributed by atoms with E-state index in [1.165, 1.54) is 30.4 Å². The van der Waals surface area contributed by atoms with E-state index in [1.54, 1.807) is 0 Å². The molecule has 4 rings (SSSR count). The first kappa shape index (κ1) is 22.0. The third-order valence-electron chi connectivity index (χ3n) is 5.82. The monoisotopic (exact) mass is 434 g/mol. The Morgan fingerprint density at radius 1 is 1.06 bits per heavy atom. The second-order valence-corrected chi connectivity index (χ2v) is 8.19. The van der Waals surface area contributed by atoms with Gasteiger partial charge in [0.05, 0.1) is 13.1 Å². The van der Waals surface area contributed by atoms with Gasteiger partial charge in [-0.25, -0.2) is 4.99 Å². The number of fused-ring (bicyclic) bond motifs is 1. The molecule has 8 heteroatoms. The Bertz CT molecular complexity index is 989. The zero-order valence-corrected chi connectivity index (χ0v) is 19.0. The lowest BCUT2D eigenvalue weighted by Gasteiger charge is -2.13. The van der Waals surface area contributed by atoms with Crippen LogP contribution in [-0.4, -0.2) is 43.6 Å². The fraction of sp³-hybridized carbons (Fsp3) is 0.500. The molecule has 3 heterocycles. The summed E-state index contributed by atoms with van der Waals surface area (Å²) in [5.74, 6) is 3.13. The van der Waals surface area contributed by atoms with E-state index in [0.29, 0.717) is 6.54 Å². The summed E-state index contributed by atoms with van der Waals surface area (Å²) in [7, 11) is 0. The van der Waals surface area contributed by atoms with Gasteiger partial charge in [0.2, 0.25) is 0 Å². The first-order valence-electron chi connectivity index (χ1n) is 11.8. The van der Waals surface area contributed by atoms with E-state index in [-0.39, 0.29) is 0 Å². The fourth-order valence-corrected chi connectivity index (χ4v) is 4.12. The van der Waals surface area contributed by atoms with Crippen molar-refractivity contribution in [2.75, 3.05) is 13.1 Å². The van der Waals surface area contributed by atoms with Gasteiger partial charge in [-0.3, -0.25) is 4.68 Å². The van der Waals surface area contributed by atoms with Gasteiger partial charge in [-0.1, -0.05) is 30.7 Å². The molecule has 0 aliphatic carbocycles. The first-order chi connectivity index (χ1) is 15.8. The van der Waals surface area contributed by atoms with E-state index < -0.39 is 0 Å². The van der Waals surface area contributed by atoms with Crippen LogP contribution in [0.3, 0.4) is 0 Å². The lowest BCUT2D eigenvalue weighted by Crippen LogP contribution is -2.38. The zero-order chi connectivity index (χ0) is 22.0. The predicted molar refractivity (Wildman–Crippen MR) is 126 cm³/mol. The molecule has 3 aromatic rings. The number of guanidine groups is 1. The quantitative estimate of drug-likeness (QED) is 0.307. The van der Waals surface area contributed by atoms with Crippen LogP contribution in [-0.2, 0) is 32.5 Å². The standard InChI is InChI=1S/C24H34N8/c1-2-25-24(26-14-8-13-23-30-29-22-12-4-3-7-17-32(22)23)27-18-20-10-5-6-11-21(20)19-31-16-9-15-28-31/h5-6,9-11,15-16H,2-4,7-8,12-14,17-19H2,1H3,(H2,25,26,27). The number of hydrogen-bond donors (Lipinski definition) is 2. The average molecular weight is 435 g/mol. The third-order valence-corrected chi connectivity index (χ3v) is 5.82. The van der Waals surface area contributed by atoms with Gasteiger partial charge in [0.25, 0.3) is 0 Å². The van der Waals surface area contributed by atoms with Crippen LogP contribution < -0.4 is 10.6 Å². The molecule has 0 saturated heterocycles. The summed E-state index contributed by atoms with van der Waals surface area (Å²) in [6.07, 6.45) is 10.5. The minimum atomic E-state index is 0.629. The van der Waals surface area contributed by atoms with Crippen molar-refractivity contribution in [2.24, 2.45) is 4.99 Å². The number of rotatable bonds is 9. The maximum atomic E-state index is 4.82. The molecule has 0 unspecified atom stereocenters. The van der Waals surface area contributed by atoms with Gasteiger partial charge in [-0.2, -0.15) is 5.10 Å². The van der Waals surface area contributed by atoms with Crippen LogP contribution in [0.15, 0.2) is 47.7 Å². The minimum absolute atomic E-state index is 0.629. The van der Waals surface area contributed by atoms with Crippen LogP contribution in [0.25, 0.3) is 0 Å². The van der Waals surface area contributed by atoms with Crippen LogP contribution in [0, 0.1) is 0 Å². The molecule has 0 spiro atoms. The normalized spacial score (nSPS) is 14.1. The molecule has 0 amide bonds. The summed E-state index contributed by atoms with van der Waals surface area (Å²) in [5, 5.41) is 20.0. The van der Waals surface area contributed by atoms with E-state index in [1.807, 2.05) is 23.1 Å². The molecule has 0 radical (unpaired) electrons. The van der Waals surface area contributed by atoms with Crippen molar-refractivity contribution >= 4 is 5.96 Å². The van der Waals surface area contributed by atoms with Crippen molar-refractivity contribution in [3.8, 4) is 0 Å². The summed E-state index contributed by atoms with van der Waals surface area (Å²) in [4.78, 5) is 4.82. The molecular formula is C24H34N8. The van der Waals surface area contributed by atoms with Crippen LogP contribution in [0.4, 0.5) is 0 Å². The molecule has 1 aliphatic rings. The van der Waals surface area contributed by atoms with Crippen LogP contribution in [0.2, 0.25) is 0 Å². The first-order valence-corrected chi connectivity index (χ1v) is 11.8. The van der Waals surface area contributed by atoms with Crippen molar-refractivity contribution in [1.29, 1.82) is 0 Å². The molecule has 1 aromatic carbocycles. The second kappa shape index (κ2) is 11.5. The van der Waals surface area contributed by atoms with E-state index in [2.05, 4.69) is 61.7 Å². The maximum absolute atomic E-state index is 4.82. The van der Waals surface area contributed by atoms with Crippen molar-refractivity contribution in [3.05, 3.63) is 65.5 Å². The topological polar surface area (TPSA) is 84.9 Å². The molecule has 0 atom stereocenters. The van der Waals surface area contributed by atoms with Gasteiger partial charge < -0.3 is 15.2 Å². The molecule has 8 nitrogen and oxygen atoms in total. The Kier molecular flexibility index (Phi) is 7.89. The molecule has 170 valence electrons. The Labute approximate surface area is 190 Å². The van der Waals surface area contributed by atoms with E-state index >= 15 is 0 Å². The molecule has 32 heavy (non-hydrogen) atoms. The lowest BCUT2D eigenvalue weighted by atomic mass is 10.1. The fourth-order valence-electron chi connectivity index (χ4n) is 4.12. The highest BCUT2D eigenvalue weighted by Crippen LogP contribution is 2.15. The Hall–Kier alpha value is -3.16. The van der Waals surface area contributed by atoms with Crippen LogP contribution >= 0.6 is 0 Å².